The van der Waals surface area contributed by atoms with Crippen LogP contribution < -0.4 is 11.0 Å². The van der Waals surface area contributed by atoms with Crippen LogP contribution in [0.2, 0.25) is 0 Å². The van der Waals surface area contributed by atoms with Crippen molar-refractivity contribution in [1.29, 1.82) is 0 Å². The van der Waals surface area contributed by atoms with Gasteiger partial charge in [-0.2, -0.15) is 0 Å². The minimum Gasteiger partial charge on any atom is -0.317 e. The van der Waals surface area contributed by atoms with Gasteiger partial charge in [0.1, 0.15) is 0 Å². The Kier molecular flexibility index (Phi) is 5.17. The van der Waals surface area contributed by atoms with Crippen LogP contribution in [0.25, 0.3) is 22.3 Å². The molecular weight excluding hydrogens is 366 g/mol. The minimum absolute atomic E-state index is 0.0946. The first kappa shape index (κ1) is 18.3. The highest BCUT2D eigenvalue weighted by Gasteiger charge is 2.13. The molecule has 4 rings (SSSR count). The van der Waals surface area contributed by atoms with E-state index in [1.807, 2.05) is 55.5 Å². The van der Waals surface area contributed by atoms with E-state index in [0.717, 1.165) is 16.7 Å². The summed E-state index contributed by atoms with van der Waals surface area (Å²) in [5.74, 6) is 0.619. The monoisotopic (exact) mass is 387 g/mol. The van der Waals surface area contributed by atoms with Gasteiger partial charge < -0.3 is 5.43 Å². The number of aryl methyl sites for hydroxylation is 1. The van der Waals surface area contributed by atoms with Crippen LogP contribution in [0.3, 0.4) is 0 Å². The number of fused-ring (bicyclic) bond motifs is 1. The summed E-state index contributed by atoms with van der Waals surface area (Å²) in [5.41, 5.74) is 7.03. The second kappa shape index (κ2) is 7.90. The van der Waals surface area contributed by atoms with E-state index in [1.165, 1.54) is 4.90 Å². The lowest BCUT2D eigenvalue weighted by molar-refractivity contribution is 0.801. The predicted molar refractivity (Wildman–Crippen MR) is 117 cm³/mol. The van der Waals surface area contributed by atoms with Crippen molar-refractivity contribution < 1.29 is 0 Å². The van der Waals surface area contributed by atoms with Gasteiger partial charge in [0.15, 0.2) is 5.82 Å². The molecule has 5 heteroatoms. The first-order valence-corrected chi connectivity index (χ1v) is 10.3. The van der Waals surface area contributed by atoms with Gasteiger partial charge in [0, 0.05) is 10.5 Å². The molecular formula is C23H21N3OS. The zero-order valence-electron chi connectivity index (χ0n) is 15.8. The van der Waals surface area contributed by atoms with E-state index in [4.69, 9.17) is 4.98 Å². The van der Waals surface area contributed by atoms with Gasteiger partial charge in [0.05, 0.1) is 17.4 Å². The van der Waals surface area contributed by atoms with Crippen LogP contribution in [0, 0.1) is 6.92 Å². The van der Waals surface area contributed by atoms with Crippen LogP contribution in [0.4, 0.5) is 0 Å². The first-order chi connectivity index (χ1) is 13.7. The number of aromatic nitrogens is 2. The van der Waals surface area contributed by atoms with Crippen LogP contribution in [0.1, 0.15) is 11.1 Å². The van der Waals surface area contributed by atoms with Crippen LogP contribution in [-0.4, -0.2) is 15.9 Å². The third-order valence-electron chi connectivity index (χ3n) is 4.65. The van der Waals surface area contributed by atoms with Crippen molar-refractivity contribution in [3.05, 3.63) is 94.3 Å². The molecule has 1 heterocycles. The maximum absolute atomic E-state index is 13.2. The smallest absolute Gasteiger partial charge is 0.280 e. The third kappa shape index (κ3) is 3.66. The molecule has 0 spiro atoms. The Bertz CT molecular complexity index is 1180. The van der Waals surface area contributed by atoms with Gasteiger partial charge in [-0.15, -0.1) is 11.8 Å². The summed E-state index contributed by atoms with van der Waals surface area (Å²) in [6.45, 7) is 2.57. The molecule has 0 aliphatic heterocycles. The normalized spacial score (nSPS) is 10.9. The van der Waals surface area contributed by atoms with Gasteiger partial charge in [-0.05, 0) is 49.1 Å². The second-order valence-electron chi connectivity index (χ2n) is 6.65. The molecule has 0 atom stereocenters. The fourth-order valence-corrected chi connectivity index (χ4v) is 3.58. The lowest BCUT2D eigenvalue weighted by Gasteiger charge is -2.16. The van der Waals surface area contributed by atoms with E-state index < -0.39 is 0 Å². The lowest BCUT2D eigenvalue weighted by atomic mass is 10.1. The summed E-state index contributed by atoms with van der Waals surface area (Å²) in [7, 11) is 0. The van der Waals surface area contributed by atoms with E-state index >= 15 is 0 Å². The Balaban J connectivity index is 1.79. The number of rotatable bonds is 5. The molecule has 3 aromatic carbocycles. The van der Waals surface area contributed by atoms with Gasteiger partial charge in [-0.25, -0.2) is 9.66 Å². The van der Waals surface area contributed by atoms with E-state index in [0.29, 0.717) is 23.3 Å². The molecule has 0 fully saturated rings. The topological polar surface area (TPSA) is 46.9 Å². The number of thioether (sulfide) groups is 1. The molecule has 0 amide bonds. The molecule has 1 N–H and O–H groups in total. The molecule has 0 unspecified atom stereocenters. The molecule has 0 saturated heterocycles. The number of hydrogen-bond acceptors (Lipinski definition) is 4. The van der Waals surface area contributed by atoms with Gasteiger partial charge in [-0.1, -0.05) is 48.0 Å². The number of hydrogen-bond donors (Lipinski definition) is 1. The third-order valence-corrected chi connectivity index (χ3v) is 5.40. The van der Waals surface area contributed by atoms with Crippen LogP contribution in [0.5, 0.6) is 0 Å². The number of para-hydroxylation sites is 1. The van der Waals surface area contributed by atoms with Crippen molar-refractivity contribution in [1.82, 2.24) is 9.66 Å². The molecule has 4 nitrogen and oxygen atoms in total. The summed E-state index contributed by atoms with van der Waals surface area (Å²) in [4.78, 5) is 19.2. The maximum Gasteiger partial charge on any atom is 0.280 e. The highest BCUT2D eigenvalue weighted by Crippen LogP contribution is 2.20. The quantitative estimate of drug-likeness (QED) is 0.498. The first-order valence-electron chi connectivity index (χ1n) is 9.11. The minimum atomic E-state index is -0.0946. The Hall–Kier alpha value is -3.05. The highest BCUT2D eigenvalue weighted by molar-refractivity contribution is 7.98. The molecule has 0 bridgehead atoms. The van der Waals surface area contributed by atoms with E-state index in [1.54, 1.807) is 16.4 Å². The van der Waals surface area contributed by atoms with Crippen LogP contribution in [-0.2, 0) is 6.54 Å². The predicted octanol–water partition coefficient (Wildman–Crippen LogP) is 4.84. The van der Waals surface area contributed by atoms with Gasteiger partial charge in [-0.3, -0.25) is 4.79 Å². The number of nitrogens with one attached hydrogen (secondary N) is 1. The van der Waals surface area contributed by atoms with E-state index in [2.05, 4.69) is 35.9 Å². The fraction of sp³-hybridized carbons (Fsp3) is 0.130. The Morgan fingerprint density at radius 3 is 2.54 bits per heavy atom. The second-order valence-corrected chi connectivity index (χ2v) is 7.53. The number of nitrogens with zero attached hydrogens (tertiary/aromatic N) is 2. The zero-order valence-corrected chi connectivity index (χ0v) is 16.7. The Morgan fingerprint density at radius 1 is 1.00 bits per heavy atom. The molecule has 0 saturated carbocycles. The summed E-state index contributed by atoms with van der Waals surface area (Å²) in [6, 6.07) is 23.8. The van der Waals surface area contributed by atoms with Crippen molar-refractivity contribution in [2.75, 3.05) is 11.7 Å². The van der Waals surface area contributed by atoms with Crippen molar-refractivity contribution in [3.63, 3.8) is 0 Å². The van der Waals surface area contributed by atoms with Crippen molar-refractivity contribution in [3.8, 4) is 11.4 Å². The largest absolute Gasteiger partial charge is 0.317 e. The van der Waals surface area contributed by atoms with Gasteiger partial charge >= 0.3 is 0 Å². The molecule has 0 aliphatic rings. The van der Waals surface area contributed by atoms with Crippen molar-refractivity contribution in [2.24, 2.45) is 0 Å². The summed E-state index contributed by atoms with van der Waals surface area (Å²) in [6.07, 6.45) is 2.06. The van der Waals surface area contributed by atoms with E-state index in [-0.39, 0.29) is 5.56 Å². The molecule has 4 aromatic rings. The van der Waals surface area contributed by atoms with Crippen LogP contribution >= 0.6 is 11.8 Å². The molecule has 0 radical (unpaired) electrons. The molecule has 1 aromatic heterocycles. The van der Waals surface area contributed by atoms with Gasteiger partial charge in [0.2, 0.25) is 0 Å². The van der Waals surface area contributed by atoms with Crippen LogP contribution in [0.15, 0.2) is 82.5 Å². The lowest BCUT2D eigenvalue weighted by Crippen LogP contribution is -2.31. The Labute approximate surface area is 168 Å². The average molecular weight is 388 g/mol. The zero-order chi connectivity index (χ0) is 19.5. The van der Waals surface area contributed by atoms with Gasteiger partial charge in [0.25, 0.3) is 5.56 Å². The highest BCUT2D eigenvalue weighted by atomic mass is 32.2. The van der Waals surface area contributed by atoms with E-state index in [9.17, 15) is 4.79 Å². The number of benzene rings is 3. The maximum atomic E-state index is 13.2. The molecule has 0 aliphatic carbocycles. The SMILES string of the molecule is CSc1ccc(CNn2c(-c3cccc(C)c3)nc3ccccc3c2=O)cc1. The summed E-state index contributed by atoms with van der Waals surface area (Å²) < 4.78 is 1.57. The average Bonchev–Trinajstić information content (AvgIpc) is 2.73. The molecule has 28 heavy (non-hydrogen) atoms. The van der Waals surface area contributed by atoms with Crippen molar-refractivity contribution >= 4 is 22.7 Å². The summed E-state index contributed by atoms with van der Waals surface area (Å²) in [5, 5.41) is 0.601. The molecule has 140 valence electrons. The standard InChI is InChI=1S/C23H21N3OS/c1-16-6-5-7-18(14-16)22-25-21-9-4-3-8-20(21)23(27)26(22)24-15-17-10-12-19(28-2)13-11-17/h3-14,24H,15H2,1-2H3. The van der Waals surface area contributed by atoms with Crippen molar-refractivity contribution in [2.45, 2.75) is 18.4 Å². The Morgan fingerprint density at radius 2 is 1.79 bits per heavy atom. The summed E-state index contributed by atoms with van der Waals surface area (Å²) >= 11 is 1.71. The fourth-order valence-electron chi connectivity index (χ4n) is 3.17.